The van der Waals surface area contributed by atoms with Crippen LogP contribution in [0, 0.1) is 10.1 Å². The number of ether oxygens (including phenoxy) is 1. The van der Waals surface area contributed by atoms with Crippen LogP contribution in [0.4, 0.5) is 24.5 Å². The second-order valence-electron chi connectivity index (χ2n) is 6.00. The average molecular weight is 437 g/mol. The Morgan fingerprint density at radius 2 is 1.70 bits per heavy atom. The molecule has 154 valence electrons. The van der Waals surface area contributed by atoms with E-state index in [1.165, 1.54) is 24.3 Å². The maximum atomic E-state index is 12.8. The van der Waals surface area contributed by atoms with E-state index < -0.39 is 28.3 Å². The van der Waals surface area contributed by atoms with E-state index in [0.717, 1.165) is 6.07 Å². The predicted molar refractivity (Wildman–Crippen MR) is 104 cm³/mol. The molecule has 10 heteroatoms. The summed E-state index contributed by atoms with van der Waals surface area (Å²) in [5.74, 6) is -0.705. The van der Waals surface area contributed by atoms with Gasteiger partial charge in [0.2, 0.25) is 5.75 Å². The summed E-state index contributed by atoms with van der Waals surface area (Å²) < 4.78 is 43.7. The van der Waals surface area contributed by atoms with E-state index in [9.17, 15) is 28.1 Å². The summed E-state index contributed by atoms with van der Waals surface area (Å²) in [5.41, 5.74) is -1.31. The molecule has 1 amide bonds. The number of carbonyl (C=O) groups is 1. The predicted octanol–water partition coefficient (Wildman–Crippen LogP) is 6.31. The summed E-state index contributed by atoms with van der Waals surface area (Å²) in [5, 5.41) is 14.1. The van der Waals surface area contributed by atoms with E-state index in [2.05, 4.69) is 5.32 Å². The van der Waals surface area contributed by atoms with Crippen LogP contribution in [-0.4, -0.2) is 10.8 Å². The van der Waals surface area contributed by atoms with Crippen LogP contribution in [0.5, 0.6) is 11.5 Å². The first-order valence-corrected chi connectivity index (χ1v) is 8.72. The van der Waals surface area contributed by atoms with Crippen molar-refractivity contribution >= 4 is 28.9 Å². The molecule has 0 bridgehead atoms. The second-order valence-corrected chi connectivity index (χ2v) is 6.40. The lowest BCUT2D eigenvalue weighted by Gasteiger charge is -2.11. The molecule has 3 aromatic carbocycles. The first-order valence-electron chi connectivity index (χ1n) is 8.34. The fourth-order valence-corrected chi connectivity index (χ4v) is 2.66. The SMILES string of the molecule is O=C(Nc1ccccc1Cl)c1ccc(Oc2ccc(C(F)(F)F)cc2[N+](=O)[O-])cc1. The molecule has 0 radical (unpaired) electrons. The van der Waals surface area contributed by atoms with E-state index >= 15 is 0 Å². The summed E-state index contributed by atoms with van der Waals surface area (Å²) in [6.07, 6.45) is -4.72. The number of halogens is 4. The van der Waals surface area contributed by atoms with Gasteiger partial charge in [0.05, 0.1) is 21.2 Å². The van der Waals surface area contributed by atoms with Gasteiger partial charge in [0, 0.05) is 11.6 Å². The van der Waals surface area contributed by atoms with Gasteiger partial charge in [-0.1, -0.05) is 23.7 Å². The Bertz CT molecular complexity index is 1100. The Hall–Kier alpha value is -3.59. The van der Waals surface area contributed by atoms with Crippen molar-refractivity contribution in [1.29, 1.82) is 0 Å². The third-order valence-corrected chi connectivity index (χ3v) is 4.28. The van der Waals surface area contributed by atoms with Gasteiger partial charge in [-0.3, -0.25) is 14.9 Å². The van der Waals surface area contributed by atoms with Crippen LogP contribution < -0.4 is 10.1 Å². The Morgan fingerprint density at radius 1 is 1.03 bits per heavy atom. The minimum atomic E-state index is -4.72. The van der Waals surface area contributed by atoms with Crippen LogP contribution in [-0.2, 0) is 6.18 Å². The molecule has 30 heavy (non-hydrogen) atoms. The zero-order valence-electron chi connectivity index (χ0n) is 14.9. The molecule has 0 spiro atoms. The highest BCUT2D eigenvalue weighted by molar-refractivity contribution is 6.33. The highest BCUT2D eigenvalue weighted by Gasteiger charge is 2.33. The smallest absolute Gasteiger partial charge is 0.416 e. The number of rotatable bonds is 5. The summed E-state index contributed by atoms with van der Waals surface area (Å²) >= 11 is 5.99. The van der Waals surface area contributed by atoms with Crippen molar-refractivity contribution in [3.63, 3.8) is 0 Å². The molecule has 3 aromatic rings. The third kappa shape index (κ3) is 4.87. The number of anilines is 1. The minimum absolute atomic E-state index is 0.104. The van der Waals surface area contributed by atoms with Gasteiger partial charge in [-0.25, -0.2) is 0 Å². The topological polar surface area (TPSA) is 81.5 Å². The fraction of sp³-hybridized carbons (Fsp3) is 0.0500. The van der Waals surface area contributed by atoms with E-state index in [0.29, 0.717) is 22.8 Å². The first kappa shape index (κ1) is 21.1. The Kier molecular flexibility index (Phi) is 5.93. The standard InChI is InChI=1S/C20H12ClF3N2O4/c21-15-3-1-2-4-16(15)25-19(27)12-5-8-14(9-6-12)30-18-10-7-13(20(22,23)24)11-17(18)26(28)29/h1-11H,(H,25,27). The van der Waals surface area contributed by atoms with Crippen molar-refractivity contribution < 1.29 is 27.6 Å². The molecule has 0 atom stereocenters. The number of alkyl halides is 3. The number of benzene rings is 3. The van der Waals surface area contributed by atoms with Crippen LogP contribution in [0.2, 0.25) is 5.02 Å². The number of hydrogen-bond donors (Lipinski definition) is 1. The summed E-state index contributed by atoms with van der Waals surface area (Å²) in [6, 6.07) is 14.2. The number of hydrogen-bond acceptors (Lipinski definition) is 4. The van der Waals surface area contributed by atoms with Crippen molar-refractivity contribution in [2.75, 3.05) is 5.32 Å². The van der Waals surface area contributed by atoms with Gasteiger partial charge in [0.15, 0.2) is 0 Å². The molecule has 0 aromatic heterocycles. The molecule has 0 aliphatic heterocycles. The van der Waals surface area contributed by atoms with E-state index in [1.807, 2.05) is 0 Å². The van der Waals surface area contributed by atoms with Gasteiger partial charge in [-0.05, 0) is 48.5 Å². The molecule has 0 saturated carbocycles. The maximum Gasteiger partial charge on any atom is 0.416 e. The molecule has 0 fully saturated rings. The number of nitrogens with zero attached hydrogens (tertiary/aromatic N) is 1. The number of nitro groups is 1. The van der Waals surface area contributed by atoms with Crippen LogP contribution in [0.3, 0.4) is 0 Å². The summed E-state index contributed by atoms with van der Waals surface area (Å²) in [4.78, 5) is 22.5. The molecular formula is C20H12ClF3N2O4. The molecule has 0 saturated heterocycles. The third-order valence-electron chi connectivity index (χ3n) is 3.95. The van der Waals surface area contributed by atoms with Crippen molar-refractivity contribution in [3.8, 4) is 11.5 Å². The van der Waals surface area contributed by atoms with Crippen molar-refractivity contribution in [3.05, 3.63) is 93.0 Å². The Morgan fingerprint density at radius 3 is 2.30 bits per heavy atom. The maximum absolute atomic E-state index is 12.8. The van der Waals surface area contributed by atoms with Gasteiger partial charge < -0.3 is 10.1 Å². The Balaban J connectivity index is 1.78. The van der Waals surface area contributed by atoms with Crippen molar-refractivity contribution in [2.24, 2.45) is 0 Å². The molecule has 3 rings (SSSR count). The average Bonchev–Trinajstić information content (AvgIpc) is 2.69. The Labute approximate surface area is 173 Å². The molecule has 0 unspecified atom stereocenters. The fourth-order valence-electron chi connectivity index (χ4n) is 2.48. The zero-order valence-corrected chi connectivity index (χ0v) is 15.7. The molecule has 0 heterocycles. The molecule has 0 aliphatic rings. The lowest BCUT2D eigenvalue weighted by atomic mass is 10.1. The zero-order chi connectivity index (χ0) is 21.9. The normalized spacial score (nSPS) is 11.1. The lowest BCUT2D eigenvalue weighted by molar-refractivity contribution is -0.385. The van der Waals surface area contributed by atoms with Crippen molar-refractivity contribution in [1.82, 2.24) is 0 Å². The number of amides is 1. The van der Waals surface area contributed by atoms with Crippen LogP contribution in [0.25, 0.3) is 0 Å². The van der Waals surface area contributed by atoms with E-state index in [-0.39, 0.29) is 17.1 Å². The summed E-state index contributed by atoms with van der Waals surface area (Å²) in [7, 11) is 0. The second kappa shape index (κ2) is 8.42. The summed E-state index contributed by atoms with van der Waals surface area (Å²) in [6.45, 7) is 0. The highest BCUT2D eigenvalue weighted by atomic mass is 35.5. The first-order chi connectivity index (χ1) is 14.1. The van der Waals surface area contributed by atoms with Crippen LogP contribution in [0.15, 0.2) is 66.7 Å². The van der Waals surface area contributed by atoms with Crippen LogP contribution >= 0.6 is 11.6 Å². The number of carbonyl (C=O) groups excluding carboxylic acids is 1. The van der Waals surface area contributed by atoms with E-state index in [1.54, 1.807) is 24.3 Å². The highest BCUT2D eigenvalue weighted by Crippen LogP contribution is 2.37. The number of para-hydroxylation sites is 1. The molecular weight excluding hydrogens is 425 g/mol. The van der Waals surface area contributed by atoms with Gasteiger partial charge in [-0.2, -0.15) is 13.2 Å². The minimum Gasteiger partial charge on any atom is -0.450 e. The van der Waals surface area contributed by atoms with Gasteiger partial charge in [0.1, 0.15) is 5.75 Å². The molecule has 6 nitrogen and oxygen atoms in total. The van der Waals surface area contributed by atoms with Crippen LogP contribution in [0.1, 0.15) is 15.9 Å². The quantitative estimate of drug-likeness (QED) is 0.375. The number of nitrogens with one attached hydrogen (secondary N) is 1. The lowest BCUT2D eigenvalue weighted by Crippen LogP contribution is -2.11. The molecule has 1 N–H and O–H groups in total. The number of nitro benzene ring substituents is 1. The van der Waals surface area contributed by atoms with Gasteiger partial charge in [0.25, 0.3) is 5.91 Å². The van der Waals surface area contributed by atoms with E-state index in [4.69, 9.17) is 16.3 Å². The van der Waals surface area contributed by atoms with Gasteiger partial charge >= 0.3 is 11.9 Å². The largest absolute Gasteiger partial charge is 0.450 e. The van der Waals surface area contributed by atoms with Crippen molar-refractivity contribution in [2.45, 2.75) is 6.18 Å². The molecule has 0 aliphatic carbocycles. The monoisotopic (exact) mass is 436 g/mol. The van der Waals surface area contributed by atoms with Gasteiger partial charge in [-0.15, -0.1) is 0 Å².